The average molecular weight is 293 g/mol. The largest absolute Gasteiger partial charge is 0.454 e. The highest BCUT2D eigenvalue weighted by atomic mass is 16.7. The van der Waals surface area contributed by atoms with Crippen LogP contribution in [0.1, 0.15) is 31.9 Å². The van der Waals surface area contributed by atoms with Crippen LogP contribution in [0.4, 0.5) is 0 Å². The fraction of sp³-hybridized carbons (Fsp3) is 0.625. The Labute approximate surface area is 125 Å². The Bertz CT molecular complexity index is 493. The van der Waals surface area contributed by atoms with Gasteiger partial charge >= 0.3 is 0 Å². The summed E-state index contributed by atoms with van der Waals surface area (Å²) in [7, 11) is 1.75. The van der Waals surface area contributed by atoms with Crippen molar-refractivity contribution in [2.24, 2.45) is 0 Å². The van der Waals surface area contributed by atoms with Crippen LogP contribution in [0.3, 0.4) is 0 Å². The van der Waals surface area contributed by atoms with E-state index in [2.05, 4.69) is 18.3 Å². The minimum absolute atomic E-state index is 0.126. The van der Waals surface area contributed by atoms with E-state index in [1.54, 1.807) is 7.11 Å². The number of ether oxygens (including phenoxy) is 4. The molecule has 1 saturated carbocycles. The van der Waals surface area contributed by atoms with Gasteiger partial charge in [-0.1, -0.05) is 6.07 Å². The molecule has 0 radical (unpaired) electrons. The number of benzene rings is 1. The molecule has 2 aliphatic rings. The molecular formula is C16H23NO4. The first kappa shape index (κ1) is 14.6. The van der Waals surface area contributed by atoms with Gasteiger partial charge in [-0.3, -0.25) is 0 Å². The molecule has 5 nitrogen and oxygen atoms in total. The van der Waals surface area contributed by atoms with E-state index in [1.807, 2.05) is 19.1 Å². The van der Waals surface area contributed by atoms with Crippen LogP contribution in [0.25, 0.3) is 0 Å². The molecule has 0 spiro atoms. The van der Waals surface area contributed by atoms with Crippen molar-refractivity contribution in [3.63, 3.8) is 0 Å². The summed E-state index contributed by atoms with van der Waals surface area (Å²) < 4.78 is 22.0. The lowest BCUT2D eigenvalue weighted by Crippen LogP contribution is -2.60. The smallest absolute Gasteiger partial charge is 0.231 e. The topological polar surface area (TPSA) is 49.0 Å². The zero-order valence-corrected chi connectivity index (χ0v) is 12.8. The molecule has 1 fully saturated rings. The summed E-state index contributed by atoms with van der Waals surface area (Å²) in [5.74, 6) is 1.64. The van der Waals surface area contributed by atoms with Gasteiger partial charge in [0, 0.05) is 25.8 Å². The third kappa shape index (κ3) is 2.86. The summed E-state index contributed by atoms with van der Waals surface area (Å²) in [6.07, 6.45) is 1.32. The quantitative estimate of drug-likeness (QED) is 0.872. The van der Waals surface area contributed by atoms with E-state index in [-0.39, 0.29) is 18.2 Å². The number of hydrogen-bond acceptors (Lipinski definition) is 5. The van der Waals surface area contributed by atoms with Gasteiger partial charge in [0.05, 0.1) is 12.2 Å². The van der Waals surface area contributed by atoms with Crippen LogP contribution in [0.5, 0.6) is 11.5 Å². The molecule has 4 unspecified atom stereocenters. The molecule has 0 bridgehead atoms. The van der Waals surface area contributed by atoms with Gasteiger partial charge in [-0.15, -0.1) is 0 Å². The molecule has 0 amide bonds. The minimum atomic E-state index is 0.126. The van der Waals surface area contributed by atoms with E-state index in [4.69, 9.17) is 18.9 Å². The summed E-state index contributed by atoms with van der Waals surface area (Å²) in [6.45, 7) is 5.21. The summed E-state index contributed by atoms with van der Waals surface area (Å²) >= 11 is 0. The minimum Gasteiger partial charge on any atom is -0.454 e. The highest BCUT2D eigenvalue weighted by Crippen LogP contribution is 2.35. The molecule has 0 aromatic heterocycles. The molecule has 1 heterocycles. The summed E-state index contributed by atoms with van der Waals surface area (Å²) in [5, 5.41) is 3.61. The van der Waals surface area contributed by atoms with Crippen LogP contribution in [0.2, 0.25) is 0 Å². The molecule has 0 saturated heterocycles. The van der Waals surface area contributed by atoms with Crippen LogP contribution in [0.15, 0.2) is 18.2 Å². The van der Waals surface area contributed by atoms with Crippen molar-refractivity contribution < 1.29 is 18.9 Å². The molecule has 1 aliphatic heterocycles. The second-order valence-corrected chi connectivity index (χ2v) is 5.54. The van der Waals surface area contributed by atoms with Crippen LogP contribution < -0.4 is 14.8 Å². The maximum atomic E-state index is 5.66. The van der Waals surface area contributed by atoms with Gasteiger partial charge in [0.25, 0.3) is 0 Å². The lowest BCUT2D eigenvalue weighted by molar-refractivity contribution is -0.133. The van der Waals surface area contributed by atoms with Crippen molar-refractivity contribution >= 4 is 0 Å². The van der Waals surface area contributed by atoms with Crippen LogP contribution >= 0.6 is 0 Å². The van der Waals surface area contributed by atoms with Gasteiger partial charge in [-0.2, -0.15) is 0 Å². The SMILES string of the molecule is CCOC1CC(NC(C)c2ccc3c(c2)OCO3)C1OC. The number of methoxy groups -OCH3 is 1. The lowest BCUT2D eigenvalue weighted by Gasteiger charge is -2.44. The normalized spacial score (nSPS) is 28.2. The molecule has 21 heavy (non-hydrogen) atoms. The van der Waals surface area contributed by atoms with Gasteiger partial charge in [0.2, 0.25) is 6.79 Å². The second-order valence-electron chi connectivity index (χ2n) is 5.54. The van der Waals surface area contributed by atoms with Gasteiger partial charge in [-0.25, -0.2) is 0 Å². The third-order valence-corrected chi connectivity index (χ3v) is 4.26. The average Bonchev–Trinajstić information content (AvgIpc) is 2.93. The van der Waals surface area contributed by atoms with Gasteiger partial charge in [0.1, 0.15) is 0 Å². The number of nitrogens with one attached hydrogen (secondary N) is 1. The third-order valence-electron chi connectivity index (χ3n) is 4.26. The van der Waals surface area contributed by atoms with Crippen molar-refractivity contribution in [1.29, 1.82) is 0 Å². The van der Waals surface area contributed by atoms with Gasteiger partial charge in [-0.05, 0) is 38.0 Å². The van der Waals surface area contributed by atoms with Gasteiger partial charge < -0.3 is 24.3 Å². The first-order valence-electron chi connectivity index (χ1n) is 7.53. The summed E-state index contributed by atoms with van der Waals surface area (Å²) in [4.78, 5) is 0. The van der Waals surface area contributed by atoms with Crippen molar-refractivity contribution in [2.75, 3.05) is 20.5 Å². The maximum Gasteiger partial charge on any atom is 0.231 e. The fourth-order valence-corrected chi connectivity index (χ4v) is 3.04. The monoisotopic (exact) mass is 293 g/mol. The number of fused-ring (bicyclic) bond motifs is 1. The van der Waals surface area contributed by atoms with Crippen molar-refractivity contribution in [2.45, 2.75) is 44.6 Å². The molecular weight excluding hydrogens is 270 g/mol. The zero-order chi connectivity index (χ0) is 14.8. The predicted molar refractivity (Wildman–Crippen MR) is 78.7 cm³/mol. The van der Waals surface area contributed by atoms with Gasteiger partial charge in [0.15, 0.2) is 11.5 Å². The van der Waals surface area contributed by atoms with E-state index in [0.29, 0.717) is 12.8 Å². The Morgan fingerprint density at radius 3 is 2.90 bits per heavy atom. The molecule has 5 heteroatoms. The van der Waals surface area contributed by atoms with E-state index in [9.17, 15) is 0 Å². The fourth-order valence-electron chi connectivity index (χ4n) is 3.04. The Balaban J connectivity index is 1.60. The standard InChI is InChI=1S/C16H23NO4/c1-4-19-15-8-12(16(15)18-3)17-10(2)11-5-6-13-14(7-11)21-9-20-13/h5-7,10,12,15-17H,4,8-9H2,1-3H3. The van der Waals surface area contributed by atoms with E-state index in [1.165, 1.54) is 5.56 Å². The first-order chi connectivity index (χ1) is 10.2. The summed E-state index contributed by atoms with van der Waals surface area (Å²) in [5.41, 5.74) is 1.19. The van der Waals surface area contributed by atoms with Crippen molar-refractivity contribution in [3.05, 3.63) is 23.8 Å². The Morgan fingerprint density at radius 1 is 1.33 bits per heavy atom. The maximum absolute atomic E-state index is 5.66. The number of rotatable bonds is 6. The molecule has 116 valence electrons. The highest BCUT2D eigenvalue weighted by molar-refractivity contribution is 5.45. The zero-order valence-electron chi connectivity index (χ0n) is 12.8. The molecule has 4 atom stereocenters. The van der Waals surface area contributed by atoms with E-state index >= 15 is 0 Å². The molecule has 3 rings (SSSR count). The molecule has 1 aromatic carbocycles. The Morgan fingerprint density at radius 2 is 2.14 bits per heavy atom. The van der Waals surface area contributed by atoms with Crippen LogP contribution in [0, 0.1) is 0 Å². The van der Waals surface area contributed by atoms with E-state index < -0.39 is 0 Å². The first-order valence-corrected chi connectivity index (χ1v) is 7.53. The Hall–Kier alpha value is -1.30. The molecule has 1 N–H and O–H groups in total. The summed E-state index contributed by atoms with van der Waals surface area (Å²) in [6, 6.07) is 6.64. The molecule has 1 aromatic rings. The second kappa shape index (κ2) is 6.22. The number of hydrogen-bond donors (Lipinski definition) is 1. The molecule has 1 aliphatic carbocycles. The van der Waals surface area contributed by atoms with E-state index in [0.717, 1.165) is 24.5 Å². The Kier molecular flexibility index (Phi) is 4.33. The highest BCUT2D eigenvalue weighted by Gasteiger charge is 2.42. The van der Waals surface area contributed by atoms with Crippen molar-refractivity contribution in [3.8, 4) is 11.5 Å². The van der Waals surface area contributed by atoms with Crippen molar-refractivity contribution in [1.82, 2.24) is 5.32 Å². The predicted octanol–water partition coefficient (Wildman–Crippen LogP) is 2.26. The van der Waals surface area contributed by atoms with Crippen LogP contribution in [-0.4, -0.2) is 38.8 Å². The lowest BCUT2D eigenvalue weighted by atomic mass is 9.84. The van der Waals surface area contributed by atoms with Crippen LogP contribution in [-0.2, 0) is 9.47 Å².